The van der Waals surface area contributed by atoms with Crippen LogP contribution >= 0.6 is 0 Å². The maximum Gasteiger partial charge on any atom is 0.163 e. The first-order chi connectivity index (χ1) is 9.38. The molecular weight excluding hydrogens is 244 g/mol. The molecule has 0 aliphatic carbocycles. The number of nitrogens with one attached hydrogen (secondary N) is 1. The van der Waals surface area contributed by atoms with Crippen molar-refractivity contribution in [2.75, 3.05) is 51.5 Å². The molecule has 1 aromatic rings. The van der Waals surface area contributed by atoms with Crippen LogP contribution in [0.2, 0.25) is 0 Å². The number of nitrogens with zero attached hydrogens (tertiary/aromatic N) is 1. The minimum atomic E-state index is 0.362. The Morgan fingerprint density at radius 1 is 1.21 bits per heavy atom. The minimum Gasteiger partial charge on any atom is -0.486 e. The summed E-state index contributed by atoms with van der Waals surface area (Å²) in [4.78, 5) is 2.37. The number of likely N-dealkylation sites (N-methyl/N-ethyl adjacent to an activating group) is 1. The number of morpholine rings is 1. The predicted molar refractivity (Wildman–Crippen MR) is 73.3 cm³/mol. The van der Waals surface area contributed by atoms with Crippen LogP contribution in [0.1, 0.15) is 0 Å². The quantitative estimate of drug-likeness (QED) is 0.878. The molecule has 2 heterocycles. The van der Waals surface area contributed by atoms with Gasteiger partial charge in [-0.3, -0.25) is 0 Å². The fourth-order valence-electron chi connectivity index (χ4n) is 2.61. The van der Waals surface area contributed by atoms with Crippen molar-refractivity contribution in [3.8, 4) is 11.5 Å². The molecule has 1 fully saturated rings. The fourth-order valence-corrected chi connectivity index (χ4v) is 2.61. The molecule has 1 saturated heterocycles. The number of rotatable bonds is 3. The molecule has 5 nitrogen and oxygen atoms in total. The highest BCUT2D eigenvalue weighted by molar-refractivity contribution is 5.57. The molecular formula is C14H20N2O3. The smallest absolute Gasteiger partial charge is 0.163 e. The third kappa shape index (κ3) is 2.62. The van der Waals surface area contributed by atoms with Crippen molar-refractivity contribution in [2.45, 2.75) is 6.04 Å². The van der Waals surface area contributed by atoms with Gasteiger partial charge in [-0.2, -0.15) is 0 Å². The topological polar surface area (TPSA) is 43.0 Å². The number of hydrogen-bond donors (Lipinski definition) is 1. The number of fused-ring (bicyclic) bond motifs is 1. The first-order valence-corrected chi connectivity index (χ1v) is 6.77. The highest BCUT2D eigenvalue weighted by Crippen LogP contribution is 2.34. The lowest BCUT2D eigenvalue weighted by atomic mass is 10.1. The molecule has 1 atom stereocenters. The lowest BCUT2D eigenvalue weighted by molar-refractivity contribution is 0.0942. The average Bonchev–Trinajstić information content (AvgIpc) is 2.48. The standard InChI is InChI=1S/C14H20N2O3/c1-15-9-12-10-17-5-4-16(12)11-2-3-13-14(8-11)19-7-6-18-13/h2-3,8,12,15H,4-7,9-10H2,1H3. The van der Waals surface area contributed by atoms with Crippen molar-refractivity contribution in [3.63, 3.8) is 0 Å². The molecule has 104 valence electrons. The Bertz CT molecular complexity index is 437. The van der Waals surface area contributed by atoms with Crippen LogP contribution in [0, 0.1) is 0 Å². The molecule has 1 unspecified atom stereocenters. The number of ether oxygens (including phenoxy) is 3. The van der Waals surface area contributed by atoms with E-state index in [1.165, 1.54) is 5.69 Å². The van der Waals surface area contributed by atoms with Crippen LogP contribution in [-0.2, 0) is 4.74 Å². The summed E-state index contributed by atoms with van der Waals surface area (Å²) in [7, 11) is 1.97. The van der Waals surface area contributed by atoms with Gasteiger partial charge in [0.05, 0.1) is 19.3 Å². The number of anilines is 1. The Balaban J connectivity index is 1.83. The summed E-state index contributed by atoms with van der Waals surface area (Å²) in [5.41, 5.74) is 1.17. The number of benzene rings is 1. The Morgan fingerprint density at radius 2 is 2.05 bits per heavy atom. The minimum absolute atomic E-state index is 0.362. The second kappa shape index (κ2) is 5.67. The zero-order chi connectivity index (χ0) is 13.1. The van der Waals surface area contributed by atoms with Gasteiger partial charge in [-0.1, -0.05) is 0 Å². The summed E-state index contributed by atoms with van der Waals surface area (Å²) in [5, 5.41) is 3.22. The van der Waals surface area contributed by atoms with Crippen LogP contribution in [0.3, 0.4) is 0 Å². The Morgan fingerprint density at radius 3 is 2.89 bits per heavy atom. The van der Waals surface area contributed by atoms with Gasteiger partial charge in [0.15, 0.2) is 11.5 Å². The molecule has 5 heteroatoms. The molecule has 2 aliphatic rings. The van der Waals surface area contributed by atoms with E-state index in [0.717, 1.165) is 37.8 Å². The van der Waals surface area contributed by atoms with Crippen molar-refractivity contribution in [1.82, 2.24) is 5.32 Å². The van der Waals surface area contributed by atoms with Crippen LogP contribution in [0.15, 0.2) is 18.2 Å². The molecule has 19 heavy (non-hydrogen) atoms. The van der Waals surface area contributed by atoms with E-state index in [2.05, 4.69) is 22.3 Å². The van der Waals surface area contributed by atoms with Gasteiger partial charge in [0.1, 0.15) is 13.2 Å². The molecule has 0 saturated carbocycles. The van der Waals surface area contributed by atoms with Gasteiger partial charge in [0, 0.05) is 24.8 Å². The van der Waals surface area contributed by atoms with Crippen LogP contribution in [0.4, 0.5) is 5.69 Å². The summed E-state index contributed by atoms with van der Waals surface area (Å²) in [6.45, 7) is 4.61. The Labute approximate surface area is 113 Å². The number of hydrogen-bond acceptors (Lipinski definition) is 5. The van der Waals surface area contributed by atoms with E-state index in [1.807, 2.05) is 13.1 Å². The van der Waals surface area contributed by atoms with Crippen molar-refractivity contribution in [2.24, 2.45) is 0 Å². The lowest BCUT2D eigenvalue weighted by Crippen LogP contribution is -2.50. The van der Waals surface area contributed by atoms with Gasteiger partial charge in [-0.25, -0.2) is 0 Å². The van der Waals surface area contributed by atoms with E-state index < -0.39 is 0 Å². The molecule has 0 aromatic heterocycles. The van der Waals surface area contributed by atoms with Crippen molar-refractivity contribution < 1.29 is 14.2 Å². The van der Waals surface area contributed by atoms with Crippen LogP contribution in [0.5, 0.6) is 11.5 Å². The maximum atomic E-state index is 5.65. The van der Waals surface area contributed by atoms with Gasteiger partial charge in [-0.05, 0) is 19.2 Å². The maximum absolute atomic E-state index is 5.65. The van der Waals surface area contributed by atoms with Gasteiger partial charge in [0.25, 0.3) is 0 Å². The molecule has 1 N–H and O–H groups in total. The Hall–Kier alpha value is -1.46. The first kappa shape index (κ1) is 12.6. The SMILES string of the molecule is CNCC1COCCN1c1ccc2c(c1)OCCO2. The third-order valence-corrected chi connectivity index (χ3v) is 3.52. The van der Waals surface area contributed by atoms with E-state index in [0.29, 0.717) is 19.3 Å². The zero-order valence-corrected chi connectivity index (χ0v) is 11.2. The second-order valence-corrected chi connectivity index (χ2v) is 4.81. The molecule has 3 rings (SSSR count). The summed E-state index contributed by atoms with van der Waals surface area (Å²) < 4.78 is 16.8. The predicted octanol–water partition coefficient (Wildman–Crippen LogP) is 0.882. The summed E-state index contributed by atoms with van der Waals surface area (Å²) in [5.74, 6) is 1.69. The molecule has 1 aromatic carbocycles. The van der Waals surface area contributed by atoms with E-state index in [1.54, 1.807) is 0 Å². The van der Waals surface area contributed by atoms with E-state index in [-0.39, 0.29) is 0 Å². The van der Waals surface area contributed by atoms with E-state index in [4.69, 9.17) is 14.2 Å². The summed E-state index contributed by atoms with van der Waals surface area (Å²) in [6, 6.07) is 6.53. The van der Waals surface area contributed by atoms with E-state index >= 15 is 0 Å². The fraction of sp³-hybridized carbons (Fsp3) is 0.571. The highest BCUT2D eigenvalue weighted by atomic mass is 16.6. The van der Waals surface area contributed by atoms with Gasteiger partial charge in [0.2, 0.25) is 0 Å². The monoisotopic (exact) mass is 264 g/mol. The Kier molecular flexibility index (Phi) is 3.75. The van der Waals surface area contributed by atoms with Crippen molar-refractivity contribution >= 4 is 5.69 Å². The molecule has 2 aliphatic heterocycles. The van der Waals surface area contributed by atoms with Crippen molar-refractivity contribution in [3.05, 3.63) is 18.2 Å². The summed E-state index contributed by atoms with van der Waals surface area (Å²) in [6.07, 6.45) is 0. The average molecular weight is 264 g/mol. The highest BCUT2D eigenvalue weighted by Gasteiger charge is 2.24. The first-order valence-electron chi connectivity index (χ1n) is 6.77. The van der Waals surface area contributed by atoms with Crippen LogP contribution < -0.4 is 19.7 Å². The largest absolute Gasteiger partial charge is 0.486 e. The lowest BCUT2D eigenvalue weighted by Gasteiger charge is -2.37. The van der Waals surface area contributed by atoms with Crippen LogP contribution in [0.25, 0.3) is 0 Å². The molecule has 0 spiro atoms. The molecule has 0 amide bonds. The van der Waals surface area contributed by atoms with Gasteiger partial charge >= 0.3 is 0 Å². The molecule has 0 radical (unpaired) electrons. The summed E-state index contributed by atoms with van der Waals surface area (Å²) >= 11 is 0. The van der Waals surface area contributed by atoms with E-state index in [9.17, 15) is 0 Å². The van der Waals surface area contributed by atoms with Gasteiger partial charge in [-0.15, -0.1) is 0 Å². The van der Waals surface area contributed by atoms with Gasteiger partial charge < -0.3 is 24.4 Å². The third-order valence-electron chi connectivity index (χ3n) is 3.52. The zero-order valence-electron chi connectivity index (χ0n) is 11.2. The second-order valence-electron chi connectivity index (χ2n) is 4.81. The van der Waals surface area contributed by atoms with Crippen LogP contribution in [-0.4, -0.2) is 52.6 Å². The van der Waals surface area contributed by atoms with Crippen molar-refractivity contribution in [1.29, 1.82) is 0 Å². The molecule has 0 bridgehead atoms. The normalized spacial score (nSPS) is 22.4.